The van der Waals surface area contributed by atoms with E-state index in [1.54, 1.807) is 5.56 Å². The van der Waals surface area contributed by atoms with Crippen LogP contribution in [0.25, 0.3) is 0 Å². The predicted molar refractivity (Wildman–Crippen MR) is 60.2 cm³/mol. The van der Waals surface area contributed by atoms with Crippen molar-refractivity contribution in [3.05, 3.63) is 35.4 Å². The Balaban J connectivity index is 2.31. The van der Waals surface area contributed by atoms with Crippen molar-refractivity contribution >= 4 is 15.9 Å². The number of rotatable bonds is 1. The second kappa shape index (κ2) is 3.83. The van der Waals surface area contributed by atoms with Gasteiger partial charge in [-0.1, -0.05) is 53.5 Å². The zero-order valence-electron chi connectivity index (χ0n) is 7.96. The molecule has 1 heteroatoms. The molecule has 0 N–H and O–H groups in total. The summed E-state index contributed by atoms with van der Waals surface area (Å²) in [5, 5.41) is 0. The van der Waals surface area contributed by atoms with Gasteiger partial charge >= 0.3 is 0 Å². The molecule has 70 valence electrons. The van der Waals surface area contributed by atoms with E-state index < -0.39 is 0 Å². The summed E-state index contributed by atoms with van der Waals surface area (Å²) >= 11 is 3.77. The van der Waals surface area contributed by atoms with Gasteiger partial charge in [-0.2, -0.15) is 0 Å². The molecular weight excluding hydrogens is 224 g/mol. The lowest BCUT2D eigenvalue weighted by molar-refractivity contribution is 0.443. The van der Waals surface area contributed by atoms with Gasteiger partial charge in [-0.3, -0.25) is 0 Å². The molecule has 0 spiro atoms. The molecule has 1 aliphatic carbocycles. The van der Waals surface area contributed by atoms with Gasteiger partial charge in [0.25, 0.3) is 0 Å². The summed E-state index contributed by atoms with van der Waals surface area (Å²) < 4.78 is 0. The van der Waals surface area contributed by atoms with Crippen LogP contribution >= 0.6 is 15.9 Å². The minimum Gasteiger partial charge on any atom is -0.0839 e. The molecule has 0 saturated carbocycles. The van der Waals surface area contributed by atoms with E-state index in [1.807, 2.05) is 0 Å². The minimum absolute atomic E-state index is 0.586. The Morgan fingerprint density at radius 3 is 2.92 bits per heavy atom. The monoisotopic (exact) mass is 238 g/mol. The maximum absolute atomic E-state index is 3.77. The summed E-state index contributed by atoms with van der Waals surface area (Å²) in [5.41, 5.74) is 3.05. The lowest BCUT2D eigenvalue weighted by Gasteiger charge is -2.27. The summed E-state index contributed by atoms with van der Waals surface area (Å²) in [5.74, 6) is 0.874. The van der Waals surface area contributed by atoms with E-state index in [4.69, 9.17) is 0 Å². The van der Waals surface area contributed by atoms with Crippen molar-refractivity contribution in [2.24, 2.45) is 5.92 Å². The molecule has 0 saturated heterocycles. The van der Waals surface area contributed by atoms with E-state index in [-0.39, 0.29) is 0 Å². The van der Waals surface area contributed by atoms with Gasteiger partial charge in [0.1, 0.15) is 0 Å². The van der Waals surface area contributed by atoms with Crippen LogP contribution in [0.15, 0.2) is 24.3 Å². The van der Waals surface area contributed by atoms with Crippen molar-refractivity contribution in [1.29, 1.82) is 0 Å². The maximum atomic E-state index is 3.77. The second-order valence-corrected chi connectivity index (χ2v) is 4.99. The molecule has 2 rings (SSSR count). The van der Waals surface area contributed by atoms with Gasteiger partial charge in [0.05, 0.1) is 0 Å². The van der Waals surface area contributed by atoms with Crippen LogP contribution in [-0.4, -0.2) is 0 Å². The fourth-order valence-corrected chi connectivity index (χ4v) is 3.13. The van der Waals surface area contributed by atoms with E-state index in [0.29, 0.717) is 4.83 Å². The third-order valence-corrected chi connectivity index (χ3v) is 3.89. The molecule has 1 aliphatic rings. The van der Waals surface area contributed by atoms with E-state index in [0.717, 1.165) is 5.92 Å². The molecule has 0 nitrogen and oxygen atoms in total. The Morgan fingerprint density at radius 1 is 1.38 bits per heavy atom. The smallest absolute Gasteiger partial charge is 0.0400 e. The van der Waals surface area contributed by atoms with Gasteiger partial charge in [-0.15, -0.1) is 0 Å². The average molecular weight is 239 g/mol. The van der Waals surface area contributed by atoms with E-state index >= 15 is 0 Å². The number of fused-ring (bicyclic) bond motifs is 1. The van der Waals surface area contributed by atoms with E-state index in [9.17, 15) is 0 Å². The summed E-state index contributed by atoms with van der Waals surface area (Å²) in [6.45, 7) is 2.29. The molecule has 0 heterocycles. The quantitative estimate of drug-likeness (QED) is 0.647. The summed E-state index contributed by atoms with van der Waals surface area (Å²) in [7, 11) is 0. The first-order valence-corrected chi connectivity index (χ1v) is 5.94. The highest BCUT2D eigenvalue weighted by Crippen LogP contribution is 2.39. The van der Waals surface area contributed by atoms with E-state index in [2.05, 4.69) is 47.1 Å². The zero-order valence-corrected chi connectivity index (χ0v) is 9.55. The Bertz CT molecular complexity index is 293. The van der Waals surface area contributed by atoms with Crippen LogP contribution in [-0.2, 0) is 6.42 Å². The van der Waals surface area contributed by atoms with Crippen LogP contribution in [0.3, 0.4) is 0 Å². The molecule has 0 radical (unpaired) electrons. The van der Waals surface area contributed by atoms with Gasteiger partial charge in [0.15, 0.2) is 0 Å². The maximum Gasteiger partial charge on any atom is 0.0400 e. The van der Waals surface area contributed by atoms with Crippen LogP contribution in [0.1, 0.15) is 35.7 Å². The van der Waals surface area contributed by atoms with Crippen LogP contribution in [0.5, 0.6) is 0 Å². The molecule has 0 amide bonds. The Hall–Kier alpha value is -0.300. The lowest BCUT2D eigenvalue weighted by Crippen LogP contribution is -2.14. The van der Waals surface area contributed by atoms with Gasteiger partial charge < -0.3 is 0 Å². The SMILES string of the molecule is CCC1Cc2ccccc2C(Br)C1. The zero-order chi connectivity index (χ0) is 9.26. The predicted octanol–water partition coefficient (Wildman–Crippen LogP) is 4.10. The fourth-order valence-electron chi connectivity index (χ4n) is 2.15. The van der Waals surface area contributed by atoms with Crippen LogP contribution in [0.4, 0.5) is 0 Å². The molecule has 2 atom stereocenters. The molecule has 0 aliphatic heterocycles. The lowest BCUT2D eigenvalue weighted by atomic mass is 9.83. The number of hydrogen-bond donors (Lipinski definition) is 0. The Labute approximate surface area is 88.5 Å². The molecule has 0 aromatic heterocycles. The van der Waals surface area contributed by atoms with Gasteiger partial charge in [-0.25, -0.2) is 0 Å². The number of benzene rings is 1. The van der Waals surface area contributed by atoms with Crippen LogP contribution in [0.2, 0.25) is 0 Å². The highest BCUT2D eigenvalue weighted by molar-refractivity contribution is 9.09. The molecule has 1 aromatic rings. The minimum atomic E-state index is 0.586. The van der Waals surface area contributed by atoms with Crippen molar-refractivity contribution in [3.63, 3.8) is 0 Å². The van der Waals surface area contributed by atoms with Gasteiger partial charge in [-0.05, 0) is 29.9 Å². The second-order valence-electron chi connectivity index (χ2n) is 3.88. The normalized spacial score (nSPS) is 26.9. The third kappa shape index (κ3) is 1.80. The van der Waals surface area contributed by atoms with Crippen LogP contribution in [0, 0.1) is 5.92 Å². The number of alkyl halides is 1. The molecule has 0 bridgehead atoms. The summed E-state index contributed by atoms with van der Waals surface area (Å²) in [6, 6.07) is 8.81. The van der Waals surface area contributed by atoms with Crippen molar-refractivity contribution in [2.75, 3.05) is 0 Å². The van der Waals surface area contributed by atoms with Gasteiger partial charge in [0.2, 0.25) is 0 Å². The highest BCUT2D eigenvalue weighted by Gasteiger charge is 2.23. The van der Waals surface area contributed by atoms with E-state index in [1.165, 1.54) is 24.8 Å². The van der Waals surface area contributed by atoms with Crippen molar-refractivity contribution in [1.82, 2.24) is 0 Å². The largest absolute Gasteiger partial charge is 0.0839 e. The summed E-state index contributed by atoms with van der Waals surface area (Å²) in [4.78, 5) is 0.586. The fraction of sp³-hybridized carbons (Fsp3) is 0.500. The van der Waals surface area contributed by atoms with Crippen LogP contribution < -0.4 is 0 Å². The standard InChI is InChI=1S/C12H15Br/c1-2-9-7-10-5-3-4-6-11(10)12(13)8-9/h3-6,9,12H,2,7-8H2,1H3. The Morgan fingerprint density at radius 2 is 2.15 bits per heavy atom. The van der Waals surface area contributed by atoms with Crippen molar-refractivity contribution in [3.8, 4) is 0 Å². The first-order chi connectivity index (χ1) is 6.31. The molecule has 0 fully saturated rings. The third-order valence-electron chi connectivity index (χ3n) is 3.02. The first-order valence-electron chi connectivity index (χ1n) is 5.03. The van der Waals surface area contributed by atoms with Crippen molar-refractivity contribution < 1.29 is 0 Å². The molecule has 1 aromatic carbocycles. The van der Waals surface area contributed by atoms with Gasteiger partial charge in [0, 0.05) is 4.83 Å². The molecule has 13 heavy (non-hydrogen) atoms. The molecule has 2 unspecified atom stereocenters. The average Bonchev–Trinajstić information content (AvgIpc) is 2.18. The number of halogens is 1. The summed E-state index contributed by atoms with van der Waals surface area (Å²) in [6.07, 6.45) is 3.87. The highest BCUT2D eigenvalue weighted by atomic mass is 79.9. The molecular formula is C12H15Br. The first kappa shape index (κ1) is 9.26. The topological polar surface area (TPSA) is 0 Å². The number of hydrogen-bond acceptors (Lipinski definition) is 0. The van der Waals surface area contributed by atoms with Crippen molar-refractivity contribution in [2.45, 2.75) is 31.0 Å². The Kier molecular flexibility index (Phi) is 2.73.